The summed E-state index contributed by atoms with van der Waals surface area (Å²) in [5.41, 5.74) is 0. The minimum absolute atomic E-state index is 0.318. The molecule has 2 unspecified atom stereocenters. The Morgan fingerprint density at radius 1 is 1.50 bits per heavy atom. The summed E-state index contributed by atoms with van der Waals surface area (Å²) in [6, 6.07) is 0. The summed E-state index contributed by atoms with van der Waals surface area (Å²) < 4.78 is 9.76. The molecule has 0 amide bonds. The lowest BCUT2D eigenvalue weighted by Crippen LogP contribution is -2.20. The Morgan fingerprint density at radius 3 is 2.50 bits per heavy atom. The third-order valence-corrected chi connectivity index (χ3v) is 1.22. The largest absolute Gasteiger partial charge is 0.368 e. The summed E-state index contributed by atoms with van der Waals surface area (Å²) in [7, 11) is 1.54. The van der Waals surface area contributed by atoms with Crippen LogP contribution >= 0.6 is 0 Å². The van der Waals surface area contributed by atoms with Gasteiger partial charge in [-0.1, -0.05) is 13.3 Å². The highest BCUT2D eigenvalue weighted by Crippen LogP contribution is 2.01. The summed E-state index contributed by atoms with van der Waals surface area (Å²) in [6.07, 6.45) is 0.576. The van der Waals surface area contributed by atoms with Crippen LogP contribution < -0.4 is 0 Å². The molecular formula is C7H16O3. The van der Waals surface area contributed by atoms with Crippen LogP contribution in [0.15, 0.2) is 0 Å². The van der Waals surface area contributed by atoms with Gasteiger partial charge in [-0.3, -0.25) is 0 Å². The Kier molecular flexibility index (Phi) is 5.58. The number of rotatable bonds is 5. The maximum absolute atomic E-state index is 9.05. The predicted octanol–water partition coefficient (Wildman–Crippen LogP) is 1.11. The molecule has 0 aromatic rings. The lowest BCUT2D eigenvalue weighted by molar-refractivity contribution is -0.212. The molecule has 0 aliphatic carbocycles. The third-order valence-electron chi connectivity index (χ3n) is 1.22. The minimum Gasteiger partial charge on any atom is -0.368 e. The molecule has 0 radical (unpaired) electrons. The molecule has 0 aromatic carbocycles. The van der Waals surface area contributed by atoms with Crippen molar-refractivity contribution in [3.05, 3.63) is 0 Å². The van der Waals surface area contributed by atoms with Gasteiger partial charge in [-0.05, 0) is 13.3 Å². The molecule has 3 heteroatoms. The quantitative estimate of drug-likeness (QED) is 0.594. The predicted molar refractivity (Wildman–Crippen MR) is 38.5 cm³/mol. The van der Waals surface area contributed by atoms with Crippen LogP contribution in [0.4, 0.5) is 0 Å². The maximum Gasteiger partial charge on any atom is 0.157 e. The Bertz CT molecular complexity index is 75.3. The molecule has 0 fully saturated rings. The highest BCUT2D eigenvalue weighted by atomic mass is 16.7. The molecule has 1 N–H and O–H groups in total. The zero-order valence-electron chi connectivity index (χ0n) is 6.83. The van der Waals surface area contributed by atoms with Gasteiger partial charge in [0.25, 0.3) is 0 Å². The van der Waals surface area contributed by atoms with Gasteiger partial charge in [-0.2, -0.15) is 0 Å². The molecule has 0 heterocycles. The second kappa shape index (κ2) is 5.65. The molecular weight excluding hydrogens is 132 g/mol. The van der Waals surface area contributed by atoms with Gasteiger partial charge in [0.05, 0.1) is 0 Å². The number of ether oxygens (including phenoxy) is 2. The van der Waals surface area contributed by atoms with Crippen molar-refractivity contribution in [2.24, 2.45) is 0 Å². The first-order valence-corrected chi connectivity index (χ1v) is 3.57. The van der Waals surface area contributed by atoms with Crippen LogP contribution in [0, 0.1) is 0 Å². The maximum atomic E-state index is 9.05. The van der Waals surface area contributed by atoms with Crippen molar-refractivity contribution in [3.8, 4) is 0 Å². The monoisotopic (exact) mass is 148 g/mol. The fourth-order valence-corrected chi connectivity index (χ4v) is 0.592. The van der Waals surface area contributed by atoms with Crippen LogP contribution in [0.3, 0.4) is 0 Å². The Labute approximate surface area is 62.0 Å². The Balaban J connectivity index is 3.27. The van der Waals surface area contributed by atoms with E-state index in [1.165, 1.54) is 0 Å². The lowest BCUT2D eigenvalue weighted by atomic mass is 10.3. The molecule has 0 saturated heterocycles. The van der Waals surface area contributed by atoms with E-state index in [0.717, 1.165) is 6.42 Å². The van der Waals surface area contributed by atoms with Gasteiger partial charge in [-0.15, -0.1) is 0 Å². The summed E-state index contributed by atoms with van der Waals surface area (Å²) in [4.78, 5) is 0. The van der Waals surface area contributed by atoms with Crippen molar-refractivity contribution < 1.29 is 14.6 Å². The van der Waals surface area contributed by atoms with Crippen LogP contribution in [-0.4, -0.2) is 24.8 Å². The van der Waals surface area contributed by atoms with Crippen molar-refractivity contribution in [3.63, 3.8) is 0 Å². The number of methoxy groups -OCH3 is 1. The second-order valence-electron chi connectivity index (χ2n) is 2.18. The van der Waals surface area contributed by atoms with Crippen LogP contribution in [0.1, 0.15) is 26.7 Å². The van der Waals surface area contributed by atoms with E-state index in [4.69, 9.17) is 14.6 Å². The third kappa shape index (κ3) is 4.73. The average molecular weight is 148 g/mol. The van der Waals surface area contributed by atoms with Crippen LogP contribution in [0.5, 0.6) is 0 Å². The molecule has 2 atom stereocenters. The average Bonchev–Trinajstić information content (AvgIpc) is 1.88. The number of aliphatic hydroxyl groups is 1. The number of hydrogen-bond donors (Lipinski definition) is 1. The normalized spacial score (nSPS) is 16.8. The Hall–Kier alpha value is -0.120. The first-order chi connectivity index (χ1) is 4.70. The zero-order chi connectivity index (χ0) is 7.98. The summed E-state index contributed by atoms with van der Waals surface area (Å²) in [5, 5.41) is 9.05. The molecule has 0 aromatic heterocycles. The van der Waals surface area contributed by atoms with E-state index >= 15 is 0 Å². The first-order valence-electron chi connectivity index (χ1n) is 3.57. The van der Waals surface area contributed by atoms with Gasteiger partial charge in [0, 0.05) is 7.11 Å². The van der Waals surface area contributed by atoms with Gasteiger partial charge in [0.1, 0.15) is 0 Å². The molecule has 0 bridgehead atoms. The molecule has 3 nitrogen and oxygen atoms in total. The fraction of sp³-hybridized carbons (Fsp3) is 1.00. The van der Waals surface area contributed by atoms with E-state index in [1.54, 1.807) is 14.0 Å². The topological polar surface area (TPSA) is 38.7 Å². The summed E-state index contributed by atoms with van der Waals surface area (Å²) in [6.45, 7) is 3.74. The highest BCUT2D eigenvalue weighted by Gasteiger charge is 2.06. The molecule has 62 valence electrons. The molecule has 0 rings (SSSR count). The standard InChI is InChI=1S/C7H16O3/c1-4-5-7(8)10-6(2)9-3/h6-8H,4-5H2,1-3H3. The summed E-state index contributed by atoms with van der Waals surface area (Å²) in [5.74, 6) is 0. The van der Waals surface area contributed by atoms with E-state index in [9.17, 15) is 0 Å². The van der Waals surface area contributed by atoms with E-state index in [0.29, 0.717) is 6.42 Å². The van der Waals surface area contributed by atoms with Gasteiger partial charge < -0.3 is 14.6 Å². The first kappa shape index (κ1) is 9.88. The van der Waals surface area contributed by atoms with E-state index in [-0.39, 0.29) is 6.29 Å². The number of hydrogen-bond acceptors (Lipinski definition) is 3. The number of aliphatic hydroxyl groups excluding tert-OH is 1. The molecule has 10 heavy (non-hydrogen) atoms. The molecule has 0 aliphatic heterocycles. The molecule has 0 spiro atoms. The molecule has 0 aliphatic rings. The van der Waals surface area contributed by atoms with Crippen molar-refractivity contribution in [1.29, 1.82) is 0 Å². The zero-order valence-corrected chi connectivity index (χ0v) is 6.83. The summed E-state index contributed by atoms with van der Waals surface area (Å²) >= 11 is 0. The van der Waals surface area contributed by atoms with Gasteiger partial charge in [0.15, 0.2) is 12.6 Å². The fourth-order valence-electron chi connectivity index (χ4n) is 0.592. The minimum atomic E-state index is -0.681. The lowest BCUT2D eigenvalue weighted by Gasteiger charge is -2.15. The van der Waals surface area contributed by atoms with Crippen molar-refractivity contribution >= 4 is 0 Å². The van der Waals surface area contributed by atoms with E-state index < -0.39 is 6.29 Å². The van der Waals surface area contributed by atoms with Gasteiger partial charge in [0.2, 0.25) is 0 Å². The van der Waals surface area contributed by atoms with Crippen LogP contribution in [-0.2, 0) is 9.47 Å². The van der Waals surface area contributed by atoms with E-state index in [1.807, 2.05) is 6.92 Å². The highest BCUT2D eigenvalue weighted by molar-refractivity contribution is 4.39. The van der Waals surface area contributed by atoms with Crippen LogP contribution in [0.2, 0.25) is 0 Å². The van der Waals surface area contributed by atoms with Crippen molar-refractivity contribution in [2.45, 2.75) is 39.3 Å². The Morgan fingerprint density at radius 2 is 2.10 bits per heavy atom. The smallest absolute Gasteiger partial charge is 0.157 e. The van der Waals surface area contributed by atoms with E-state index in [2.05, 4.69) is 0 Å². The second-order valence-corrected chi connectivity index (χ2v) is 2.18. The van der Waals surface area contributed by atoms with Gasteiger partial charge >= 0.3 is 0 Å². The van der Waals surface area contributed by atoms with Crippen molar-refractivity contribution in [2.75, 3.05) is 7.11 Å². The van der Waals surface area contributed by atoms with Gasteiger partial charge in [-0.25, -0.2) is 0 Å². The molecule has 0 saturated carbocycles. The van der Waals surface area contributed by atoms with Crippen LogP contribution in [0.25, 0.3) is 0 Å². The SMILES string of the molecule is CCCC(O)OC(C)OC. The van der Waals surface area contributed by atoms with Crippen molar-refractivity contribution in [1.82, 2.24) is 0 Å².